The van der Waals surface area contributed by atoms with Crippen LogP contribution in [0.15, 0.2) is 53.5 Å². The van der Waals surface area contributed by atoms with Gasteiger partial charge in [0.2, 0.25) is 0 Å². The highest BCUT2D eigenvalue weighted by Crippen LogP contribution is 2.29. The zero-order valence-electron chi connectivity index (χ0n) is 18.5. The summed E-state index contributed by atoms with van der Waals surface area (Å²) in [5.74, 6) is -1.23. The summed E-state index contributed by atoms with van der Waals surface area (Å²) >= 11 is 0. The molecule has 0 spiro atoms. The molecular weight excluding hydrogens is 410 g/mol. The van der Waals surface area contributed by atoms with Crippen molar-refractivity contribution in [2.45, 2.75) is 26.1 Å². The molecule has 7 nitrogen and oxygen atoms in total. The average molecular weight is 437 g/mol. The molecule has 1 unspecified atom stereocenters. The van der Waals surface area contributed by atoms with Crippen molar-refractivity contribution in [2.24, 2.45) is 16.8 Å². The molecule has 0 aromatic heterocycles. The van der Waals surface area contributed by atoms with Crippen molar-refractivity contribution in [1.29, 1.82) is 0 Å². The first kappa shape index (κ1) is 22.2. The molecule has 1 saturated heterocycles. The van der Waals surface area contributed by atoms with E-state index in [2.05, 4.69) is 4.99 Å². The molecule has 7 heteroatoms. The molecule has 0 amide bonds. The van der Waals surface area contributed by atoms with Crippen molar-refractivity contribution >= 4 is 23.2 Å². The van der Waals surface area contributed by atoms with Crippen LogP contribution in [0.5, 0.6) is 5.75 Å². The van der Waals surface area contributed by atoms with Crippen LogP contribution < -0.4 is 4.74 Å². The fourth-order valence-electron chi connectivity index (χ4n) is 3.85. The van der Waals surface area contributed by atoms with Gasteiger partial charge in [0.05, 0.1) is 37.6 Å². The van der Waals surface area contributed by atoms with Gasteiger partial charge in [-0.1, -0.05) is 24.3 Å². The molecular formula is C25H27NO6. The maximum atomic E-state index is 12.6. The minimum absolute atomic E-state index is 0.0739. The highest BCUT2D eigenvalue weighted by Gasteiger charge is 2.41. The summed E-state index contributed by atoms with van der Waals surface area (Å²) < 4.78 is 21.9. The third-order valence-corrected chi connectivity index (χ3v) is 5.91. The van der Waals surface area contributed by atoms with E-state index in [0.717, 1.165) is 17.7 Å². The Labute approximate surface area is 187 Å². The van der Waals surface area contributed by atoms with Gasteiger partial charge in [-0.15, -0.1) is 0 Å². The molecule has 2 heterocycles. The molecule has 168 valence electrons. The van der Waals surface area contributed by atoms with Crippen LogP contribution in [0.1, 0.15) is 29.8 Å². The summed E-state index contributed by atoms with van der Waals surface area (Å²) in [6, 6.07) is 15.2. The largest absolute Gasteiger partial charge is 0.488 e. The lowest BCUT2D eigenvalue weighted by atomic mass is 9.91. The lowest BCUT2D eigenvalue weighted by Crippen LogP contribution is -2.48. The third kappa shape index (κ3) is 4.59. The molecule has 0 aliphatic carbocycles. The Morgan fingerprint density at radius 1 is 1.12 bits per heavy atom. The molecule has 2 aliphatic rings. The smallest absolute Gasteiger partial charge is 0.366 e. The van der Waals surface area contributed by atoms with E-state index in [1.165, 1.54) is 7.11 Å². The standard InChI is InChI=1S/C25H27NO6/c1-16-22(26-21-7-5-4-6-20(21)23(16)27)15-30-19-10-8-17(9-11-19)12-18-13-31-25(2,32-14-18)24(28)29-3/h4-11,16,18H,12-15H2,1-3H3. The fourth-order valence-corrected chi connectivity index (χ4v) is 3.85. The number of hydrogen-bond acceptors (Lipinski definition) is 7. The molecule has 1 atom stereocenters. The lowest BCUT2D eigenvalue weighted by Gasteiger charge is -2.35. The summed E-state index contributed by atoms with van der Waals surface area (Å²) in [5.41, 5.74) is 3.20. The van der Waals surface area contributed by atoms with Crippen LogP contribution in [-0.4, -0.2) is 50.2 Å². The van der Waals surface area contributed by atoms with Gasteiger partial charge in [-0.2, -0.15) is 0 Å². The third-order valence-electron chi connectivity index (χ3n) is 5.91. The summed E-state index contributed by atoms with van der Waals surface area (Å²) in [4.78, 5) is 29.0. The predicted octanol–water partition coefficient (Wildman–Crippen LogP) is 3.77. The fraction of sp³-hybridized carbons (Fsp3) is 0.400. The van der Waals surface area contributed by atoms with Crippen LogP contribution in [0.2, 0.25) is 0 Å². The quantitative estimate of drug-likeness (QED) is 0.640. The number of aliphatic imine (C=N–C) groups is 1. The van der Waals surface area contributed by atoms with Crippen LogP contribution in [0.4, 0.5) is 5.69 Å². The first-order valence-electron chi connectivity index (χ1n) is 10.7. The first-order chi connectivity index (χ1) is 15.4. The van der Waals surface area contributed by atoms with Gasteiger partial charge >= 0.3 is 5.97 Å². The molecule has 32 heavy (non-hydrogen) atoms. The number of ketones is 1. The van der Waals surface area contributed by atoms with E-state index >= 15 is 0 Å². The highest BCUT2D eigenvalue weighted by atomic mass is 16.7. The van der Waals surface area contributed by atoms with E-state index in [9.17, 15) is 9.59 Å². The number of para-hydroxylation sites is 1. The molecule has 2 aromatic rings. The van der Waals surface area contributed by atoms with Gasteiger partial charge in [-0.25, -0.2) is 4.79 Å². The topological polar surface area (TPSA) is 83.4 Å². The Morgan fingerprint density at radius 3 is 2.50 bits per heavy atom. The Balaban J connectivity index is 1.32. The number of hydrogen-bond donors (Lipinski definition) is 0. The first-order valence-corrected chi connectivity index (χ1v) is 10.7. The number of ether oxygens (including phenoxy) is 4. The van der Waals surface area contributed by atoms with E-state index in [1.807, 2.05) is 55.5 Å². The molecule has 0 N–H and O–H groups in total. The Morgan fingerprint density at radius 2 is 1.81 bits per heavy atom. The molecule has 4 rings (SSSR count). The number of fused-ring (bicyclic) bond motifs is 1. The molecule has 0 saturated carbocycles. The Kier molecular flexibility index (Phi) is 6.39. The van der Waals surface area contributed by atoms with Gasteiger partial charge in [0.1, 0.15) is 12.4 Å². The number of methoxy groups -OCH3 is 1. The predicted molar refractivity (Wildman–Crippen MR) is 118 cm³/mol. The van der Waals surface area contributed by atoms with E-state index in [4.69, 9.17) is 18.9 Å². The number of rotatable bonds is 6. The average Bonchev–Trinajstić information content (AvgIpc) is 2.82. The van der Waals surface area contributed by atoms with Crippen LogP contribution in [0.25, 0.3) is 0 Å². The van der Waals surface area contributed by atoms with Crippen molar-refractivity contribution in [2.75, 3.05) is 26.9 Å². The van der Waals surface area contributed by atoms with E-state index in [1.54, 1.807) is 6.92 Å². The number of benzene rings is 2. The van der Waals surface area contributed by atoms with Gasteiger partial charge in [-0.05, 0) is 43.2 Å². The van der Waals surface area contributed by atoms with Crippen molar-refractivity contribution in [1.82, 2.24) is 0 Å². The van der Waals surface area contributed by atoms with E-state index in [-0.39, 0.29) is 24.2 Å². The second-order valence-electron chi connectivity index (χ2n) is 8.27. The van der Waals surface area contributed by atoms with Crippen molar-refractivity contribution in [3.8, 4) is 5.75 Å². The number of esters is 1. The van der Waals surface area contributed by atoms with Gasteiger partial charge in [0.25, 0.3) is 5.79 Å². The van der Waals surface area contributed by atoms with Gasteiger partial charge < -0.3 is 18.9 Å². The number of nitrogens with zero attached hydrogens (tertiary/aromatic N) is 1. The second-order valence-corrected chi connectivity index (χ2v) is 8.27. The zero-order valence-corrected chi connectivity index (χ0v) is 18.5. The summed E-state index contributed by atoms with van der Waals surface area (Å²) in [6.07, 6.45) is 0.757. The summed E-state index contributed by atoms with van der Waals surface area (Å²) in [5, 5.41) is 0. The van der Waals surface area contributed by atoms with Crippen LogP contribution in [-0.2, 0) is 25.4 Å². The second kappa shape index (κ2) is 9.22. The minimum Gasteiger partial charge on any atom is -0.488 e. The van der Waals surface area contributed by atoms with E-state index in [0.29, 0.717) is 30.2 Å². The van der Waals surface area contributed by atoms with Gasteiger partial charge in [0.15, 0.2) is 5.78 Å². The maximum absolute atomic E-state index is 12.6. The minimum atomic E-state index is -1.33. The van der Waals surface area contributed by atoms with Crippen LogP contribution in [0, 0.1) is 11.8 Å². The number of carbonyl (C=O) groups is 2. The summed E-state index contributed by atoms with van der Waals surface area (Å²) in [6.45, 7) is 4.53. The number of Topliss-reactive ketones (excluding diaryl/α,β-unsaturated/α-hetero) is 1. The summed E-state index contributed by atoms with van der Waals surface area (Å²) in [7, 11) is 1.31. The molecule has 0 bridgehead atoms. The Hall–Kier alpha value is -3.03. The molecule has 2 aromatic carbocycles. The van der Waals surface area contributed by atoms with Crippen LogP contribution in [0.3, 0.4) is 0 Å². The number of carbonyl (C=O) groups excluding carboxylic acids is 2. The van der Waals surface area contributed by atoms with Gasteiger partial charge in [-0.3, -0.25) is 9.79 Å². The molecule has 0 radical (unpaired) electrons. The van der Waals surface area contributed by atoms with Gasteiger partial charge in [0, 0.05) is 18.4 Å². The zero-order chi connectivity index (χ0) is 22.7. The monoisotopic (exact) mass is 437 g/mol. The van der Waals surface area contributed by atoms with Crippen molar-refractivity contribution in [3.63, 3.8) is 0 Å². The lowest BCUT2D eigenvalue weighted by molar-refractivity contribution is -0.272. The van der Waals surface area contributed by atoms with Crippen molar-refractivity contribution in [3.05, 3.63) is 59.7 Å². The normalized spacial score (nSPS) is 25.0. The highest BCUT2D eigenvalue weighted by molar-refractivity contribution is 6.18. The van der Waals surface area contributed by atoms with Crippen molar-refractivity contribution < 1.29 is 28.5 Å². The SMILES string of the molecule is COC(=O)C1(C)OCC(Cc2ccc(OCC3=Nc4ccccc4C(=O)C3C)cc2)CO1. The maximum Gasteiger partial charge on any atom is 0.366 e. The van der Waals surface area contributed by atoms with Crippen LogP contribution >= 0.6 is 0 Å². The molecule has 1 fully saturated rings. The van der Waals surface area contributed by atoms with E-state index < -0.39 is 11.8 Å². The molecule has 2 aliphatic heterocycles. The Bertz CT molecular complexity index is 1020.